The summed E-state index contributed by atoms with van der Waals surface area (Å²) in [7, 11) is 0.431. The number of carbonyl (C=O) groups is 1. The van der Waals surface area contributed by atoms with Crippen molar-refractivity contribution < 1.29 is 27.4 Å². The van der Waals surface area contributed by atoms with Crippen LogP contribution in [0.3, 0.4) is 0 Å². The van der Waals surface area contributed by atoms with Gasteiger partial charge in [-0.05, 0) is 65.3 Å². The molecule has 0 spiro atoms. The molecule has 1 amide bonds. The molecule has 0 aliphatic carbocycles. The predicted octanol–water partition coefficient (Wildman–Crippen LogP) is 4.13. The Morgan fingerprint density at radius 3 is 2.28 bits per heavy atom. The number of anilines is 1. The van der Waals surface area contributed by atoms with Crippen molar-refractivity contribution in [3.8, 4) is 17.2 Å². The van der Waals surface area contributed by atoms with Gasteiger partial charge in [-0.2, -0.15) is 5.10 Å². The summed E-state index contributed by atoms with van der Waals surface area (Å²) in [5.41, 5.74) is 4.27. The highest BCUT2D eigenvalue weighted by Crippen LogP contribution is 2.31. The molecule has 3 aromatic carbocycles. The van der Waals surface area contributed by atoms with Crippen LogP contribution in [-0.2, 0) is 14.8 Å². The lowest BCUT2D eigenvalue weighted by molar-refractivity contribution is -0.119. The zero-order valence-electron chi connectivity index (χ0n) is 20.2. The van der Waals surface area contributed by atoms with Crippen LogP contribution in [0, 0.1) is 6.92 Å². The van der Waals surface area contributed by atoms with Crippen LogP contribution in [0.1, 0.15) is 11.1 Å². The number of methoxy groups -OCH3 is 3. The second-order valence-electron chi connectivity index (χ2n) is 7.54. The number of hydrogen-bond acceptors (Lipinski definition) is 7. The highest BCUT2D eigenvalue weighted by atomic mass is 79.9. The van der Waals surface area contributed by atoms with Crippen molar-refractivity contribution in [2.24, 2.45) is 5.10 Å². The average Bonchev–Trinajstić information content (AvgIpc) is 2.87. The number of amides is 1. The summed E-state index contributed by atoms with van der Waals surface area (Å²) in [5.74, 6) is 0.964. The Bertz CT molecular complexity index is 1360. The van der Waals surface area contributed by atoms with Gasteiger partial charge in [-0.15, -0.1) is 0 Å². The first kappa shape index (κ1) is 27.0. The maximum absolute atomic E-state index is 13.6. The fourth-order valence-electron chi connectivity index (χ4n) is 3.23. The third-order valence-electron chi connectivity index (χ3n) is 5.15. The standard InChI is InChI=1S/C25H26BrN3O6S/c1-17-5-8-19(9-6-17)29(36(31,32)21-11-12-23(34-3)22(26)14-21)16-25(30)28-27-15-18-7-10-20(33-2)13-24(18)35-4/h5-15H,16H2,1-4H3,(H,28,30)/b27-15+. The Labute approximate surface area is 218 Å². The Balaban J connectivity index is 1.86. The van der Waals surface area contributed by atoms with Crippen LogP contribution in [0.5, 0.6) is 17.2 Å². The molecule has 11 heteroatoms. The van der Waals surface area contributed by atoms with Crippen LogP contribution in [0.4, 0.5) is 5.69 Å². The summed E-state index contributed by atoms with van der Waals surface area (Å²) >= 11 is 3.32. The predicted molar refractivity (Wildman–Crippen MR) is 142 cm³/mol. The minimum Gasteiger partial charge on any atom is -0.497 e. The molecule has 1 N–H and O–H groups in total. The Morgan fingerprint density at radius 1 is 0.972 bits per heavy atom. The van der Waals surface area contributed by atoms with E-state index in [0.717, 1.165) is 9.87 Å². The summed E-state index contributed by atoms with van der Waals surface area (Å²) in [6.07, 6.45) is 1.40. The van der Waals surface area contributed by atoms with Gasteiger partial charge >= 0.3 is 0 Å². The van der Waals surface area contributed by atoms with Crippen molar-refractivity contribution in [2.45, 2.75) is 11.8 Å². The van der Waals surface area contributed by atoms with Gasteiger partial charge in [0, 0.05) is 11.6 Å². The molecule has 0 aromatic heterocycles. The number of nitrogens with zero attached hydrogens (tertiary/aromatic N) is 2. The number of hydrazone groups is 1. The first-order chi connectivity index (χ1) is 17.2. The monoisotopic (exact) mass is 575 g/mol. The SMILES string of the molecule is COc1ccc(/C=N/NC(=O)CN(c2ccc(C)cc2)S(=O)(=O)c2ccc(OC)c(Br)c2)c(OC)c1. The summed E-state index contributed by atoms with van der Waals surface area (Å²) in [6.45, 7) is 1.39. The van der Waals surface area contributed by atoms with E-state index in [-0.39, 0.29) is 4.90 Å². The van der Waals surface area contributed by atoms with Gasteiger partial charge in [-0.25, -0.2) is 13.8 Å². The fourth-order valence-corrected chi connectivity index (χ4v) is 5.37. The van der Waals surface area contributed by atoms with E-state index in [1.54, 1.807) is 49.6 Å². The van der Waals surface area contributed by atoms with Gasteiger partial charge in [0.25, 0.3) is 15.9 Å². The number of nitrogens with one attached hydrogen (secondary N) is 1. The van der Waals surface area contributed by atoms with Crippen LogP contribution in [0.15, 0.2) is 75.1 Å². The first-order valence-electron chi connectivity index (χ1n) is 10.7. The lowest BCUT2D eigenvalue weighted by Crippen LogP contribution is -2.39. The third-order valence-corrected chi connectivity index (χ3v) is 7.54. The van der Waals surface area contributed by atoms with Crippen molar-refractivity contribution in [3.05, 3.63) is 76.3 Å². The van der Waals surface area contributed by atoms with Crippen molar-refractivity contribution >= 4 is 43.8 Å². The van der Waals surface area contributed by atoms with E-state index in [4.69, 9.17) is 14.2 Å². The molecule has 0 saturated carbocycles. The molecule has 0 saturated heterocycles. The molecular formula is C25H26BrN3O6S. The minimum atomic E-state index is -4.10. The molecular weight excluding hydrogens is 550 g/mol. The molecule has 0 heterocycles. The largest absolute Gasteiger partial charge is 0.497 e. The van der Waals surface area contributed by atoms with E-state index in [2.05, 4.69) is 26.5 Å². The molecule has 0 radical (unpaired) electrons. The minimum absolute atomic E-state index is 0.00461. The number of ether oxygens (including phenoxy) is 3. The number of hydrogen-bond donors (Lipinski definition) is 1. The van der Waals surface area contributed by atoms with Gasteiger partial charge in [0.1, 0.15) is 23.8 Å². The molecule has 0 aliphatic rings. The zero-order chi connectivity index (χ0) is 26.3. The van der Waals surface area contributed by atoms with Gasteiger partial charge in [-0.3, -0.25) is 9.10 Å². The molecule has 0 bridgehead atoms. The second-order valence-corrected chi connectivity index (χ2v) is 10.3. The van der Waals surface area contributed by atoms with E-state index in [0.29, 0.717) is 33.0 Å². The van der Waals surface area contributed by atoms with E-state index in [9.17, 15) is 13.2 Å². The van der Waals surface area contributed by atoms with Crippen LogP contribution >= 0.6 is 15.9 Å². The van der Waals surface area contributed by atoms with Crippen LogP contribution in [-0.4, -0.2) is 48.4 Å². The maximum atomic E-state index is 13.6. The topological polar surface area (TPSA) is 107 Å². The van der Waals surface area contributed by atoms with Crippen molar-refractivity contribution in [2.75, 3.05) is 32.2 Å². The Kier molecular flexibility index (Phi) is 8.94. The lowest BCUT2D eigenvalue weighted by atomic mass is 10.2. The molecule has 190 valence electrons. The Morgan fingerprint density at radius 2 is 1.67 bits per heavy atom. The molecule has 9 nitrogen and oxygen atoms in total. The smallest absolute Gasteiger partial charge is 0.264 e. The molecule has 0 unspecified atom stereocenters. The molecule has 0 fully saturated rings. The number of aryl methyl sites for hydroxylation is 1. The molecule has 3 rings (SSSR count). The molecule has 36 heavy (non-hydrogen) atoms. The van der Waals surface area contributed by atoms with E-state index in [1.165, 1.54) is 38.6 Å². The number of benzene rings is 3. The normalized spacial score (nSPS) is 11.2. The highest BCUT2D eigenvalue weighted by molar-refractivity contribution is 9.10. The summed E-state index contributed by atoms with van der Waals surface area (Å²) in [4.78, 5) is 12.8. The summed E-state index contributed by atoms with van der Waals surface area (Å²) in [5, 5.41) is 3.97. The lowest BCUT2D eigenvalue weighted by Gasteiger charge is -2.24. The van der Waals surface area contributed by atoms with Gasteiger partial charge < -0.3 is 14.2 Å². The van der Waals surface area contributed by atoms with Gasteiger partial charge in [0.15, 0.2) is 0 Å². The number of sulfonamides is 1. The summed E-state index contributed by atoms with van der Waals surface area (Å²) < 4.78 is 44.3. The summed E-state index contributed by atoms with van der Waals surface area (Å²) in [6, 6.07) is 16.4. The zero-order valence-corrected chi connectivity index (χ0v) is 22.6. The first-order valence-corrected chi connectivity index (χ1v) is 12.9. The van der Waals surface area contributed by atoms with Crippen molar-refractivity contribution in [1.82, 2.24) is 5.43 Å². The number of carbonyl (C=O) groups excluding carboxylic acids is 1. The second kappa shape index (κ2) is 11.9. The quantitative estimate of drug-likeness (QED) is 0.288. The molecule has 0 aliphatic heterocycles. The van der Waals surface area contributed by atoms with Crippen LogP contribution in [0.2, 0.25) is 0 Å². The van der Waals surface area contributed by atoms with Crippen LogP contribution < -0.4 is 23.9 Å². The maximum Gasteiger partial charge on any atom is 0.264 e. The van der Waals surface area contributed by atoms with E-state index in [1.807, 2.05) is 6.92 Å². The van der Waals surface area contributed by atoms with Crippen LogP contribution in [0.25, 0.3) is 0 Å². The molecule has 0 atom stereocenters. The van der Waals surface area contributed by atoms with Crippen molar-refractivity contribution in [1.29, 1.82) is 0 Å². The highest BCUT2D eigenvalue weighted by Gasteiger charge is 2.28. The van der Waals surface area contributed by atoms with Crippen molar-refractivity contribution in [3.63, 3.8) is 0 Å². The number of halogens is 1. The van der Waals surface area contributed by atoms with E-state index >= 15 is 0 Å². The molecule has 3 aromatic rings. The van der Waals surface area contributed by atoms with Gasteiger partial charge in [0.2, 0.25) is 0 Å². The van der Waals surface area contributed by atoms with E-state index < -0.39 is 22.5 Å². The fraction of sp³-hybridized carbons (Fsp3) is 0.200. The third kappa shape index (κ3) is 6.35. The van der Waals surface area contributed by atoms with Gasteiger partial charge in [-0.1, -0.05) is 17.7 Å². The average molecular weight is 576 g/mol. The number of rotatable bonds is 10. The Hall–Kier alpha value is -3.57. The van der Waals surface area contributed by atoms with Gasteiger partial charge in [0.05, 0.1) is 42.6 Å².